The first kappa shape index (κ1) is 16.2. The van der Waals surface area contributed by atoms with Crippen molar-refractivity contribution in [3.05, 3.63) is 23.7 Å². The van der Waals surface area contributed by atoms with Crippen LogP contribution in [-0.2, 0) is 4.74 Å². The summed E-state index contributed by atoms with van der Waals surface area (Å²) in [5, 5.41) is 0. The summed E-state index contributed by atoms with van der Waals surface area (Å²) in [5.41, 5.74) is 1.06. The Morgan fingerprint density at radius 2 is 2.04 bits per heavy atom. The van der Waals surface area contributed by atoms with Crippen LogP contribution in [0.5, 0.6) is 0 Å². The lowest BCUT2D eigenvalue weighted by Gasteiger charge is -2.58. The topological polar surface area (TPSA) is 45.9 Å². The third-order valence-electron chi connectivity index (χ3n) is 6.07. The second kappa shape index (κ2) is 6.19. The molecule has 1 spiro atoms. The second-order valence-corrected chi connectivity index (χ2v) is 8.08. The monoisotopic (exact) mass is 332 g/mol. The van der Waals surface area contributed by atoms with E-state index in [9.17, 15) is 4.79 Å². The first-order chi connectivity index (χ1) is 11.6. The number of aryl methyl sites for hydroxylation is 1. The molecule has 0 radical (unpaired) electrons. The molecular formula is C19H28N2O3. The molecule has 4 rings (SSSR count). The van der Waals surface area contributed by atoms with Gasteiger partial charge in [0.1, 0.15) is 0 Å². The molecule has 5 nitrogen and oxygen atoms in total. The van der Waals surface area contributed by atoms with Crippen molar-refractivity contribution in [1.82, 2.24) is 9.80 Å². The van der Waals surface area contributed by atoms with E-state index in [2.05, 4.69) is 11.9 Å². The van der Waals surface area contributed by atoms with Gasteiger partial charge in [-0.1, -0.05) is 0 Å². The molecule has 1 saturated carbocycles. The fraction of sp³-hybridized carbons (Fsp3) is 0.737. The fourth-order valence-corrected chi connectivity index (χ4v) is 4.15. The van der Waals surface area contributed by atoms with E-state index in [1.807, 2.05) is 17.9 Å². The van der Waals surface area contributed by atoms with Crippen LogP contribution >= 0.6 is 0 Å². The van der Waals surface area contributed by atoms with Crippen LogP contribution in [0.15, 0.2) is 16.7 Å². The van der Waals surface area contributed by atoms with Crippen molar-refractivity contribution in [3.63, 3.8) is 0 Å². The minimum atomic E-state index is 0.0311. The second-order valence-electron chi connectivity index (χ2n) is 8.08. The molecule has 1 amide bonds. The van der Waals surface area contributed by atoms with Gasteiger partial charge in [0.25, 0.3) is 5.91 Å². The van der Waals surface area contributed by atoms with Crippen LogP contribution in [-0.4, -0.2) is 61.1 Å². The van der Waals surface area contributed by atoms with E-state index in [4.69, 9.17) is 9.15 Å². The van der Waals surface area contributed by atoms with Gasteiger partial charge in [-0.25, -0.2) is 0 Å². The molecule has 0 N–H and O–H groups in total. The zero-order valence-corrected chi connectivity index (χ0v) is 14.8. The zero-order chi connectivity index (χ0) is 16.7. The van der Waals surface area contributed by atoms with Gasteiger partial charge in [-0.15, -0.1) is 0 Å². The summed E-state index contributed by atoms with van der Waals surface area (Å²) < 4.78 is 11.3. The van der Waals surface area contributed by atoms with E-state index in [0.29, 0.717) is 11.7 Å². The van der Waals surface area contributed by atoms with Crippen LogP contribution < -0.4 is 0 Å². The van der Waals surface area contributed by atoms with Crippen molar-refractivity contribution >= 4 is 5.91 Å². The van der Waals surface area contributed by atoms with Crippen LogP contribution in [0.4, 0.5) is 0 Å². The number of likely N-dealkylation sites (tertiary alicyclic amines) is 2. The Balaban J connectivity index is 1.33. The average Bonchev–Trinajstić information content (AvgIpc) is 3.25. The summed E-state index contributed by atoms with van der Waals surface area (Å²) in [5.74, 6) is 1.98. The lowest BCUT2D eigenvalue weighted by Crippen LogP contribution is -2.72. The largest absolute Gasteiger partial charge is 0.459 e. The number of furan rings is 1. The number of ether oxygens (including phenoxy) is 1. The molecule has 24 heavy (non-hydrogen) atoms. The molecule has 5 heteroatoms. The number of amides is 1. The van der Waals surface area contributed by atoms with Crippen LogP contribution in [0, 0.1) is 18.8 Å². The SMILES string of the molecule is Cc1ccoc1C(=O)N1CC2(C[C@H](COCC3CC3)CCN2C)C1. The number of likely N-dealkylation sites (N-methyl/N-ethyl adjacent to an activating group) is 1. The Morgan fingerprint density at radius 3 is 2.71 bits per heavy atom. The van der Waals surface area contributed by atoms with E-state index < -0.39 is 0 Å². The average molecular weight is 332 g/mol. The lowest BCUT2D eigenvalue weighted by atomic mass is 9.75. The van der Waals surface area contributed by atoms with Crippen LogP contribution in [0.25, 0.3) is 0 Å². The number of carbonyl (C=O) groups excluding carboxylic acids is 1. The maximum Gasteiger partial charge on any atom is 0.289 e. The molecule has 3 fully saturated rings. The summed E-state index contributed by atoms with van der Waals surface area (Å²) in [6, 6.07) is 1.85. The number of carbonyl (C=O) groups is 1. The summed E-state index contributed by atoms with van der Waals surface area (Å²) in [6.45, 7) is 6.47. The zero-order valence-electron chi connectivity index (χ0n) is 14.8. The lowest BCUT2D eigenvalue weighted by molar-refractivity contribution is -0.0768. The highest BCUT2D eigenvalue weighted by Gasteiger charge is 2.51. The fourth-order valence-electron chi connectivity index (χ4n) is 4.15. The minimum absolute atomic E-state index is 0.0311. The van der Waals surface area contributed by atoms with Gasteiger partial charge in [-0.2, -0.15) is 0 Å². The molecule has 0 unspecified atom stereocenters. The van der Waals surface area contributed by atoms with Crippen molar-refractivity contribution in [2.45, 2.75) is 38.1 Å². The summed E-state index contributed by atoms with van der Waals surface area (Å²) in [4.78, 5) is 16.9. The molecular weight excluding hydrogens is 304 g/mol. The molecule has 3 aliphatic rings. The summed E-state index contributed by atoms with van der Waals surface area (Å²) in [6.07, 6.45) is 6.63. The minimum Gasteiger partial charge on any atom is -0.459 e. The van der Waals surface area contributed by atoms with E-state index >= 15 is 0 Å². The van der Waals surface area contributed by atoms with Crippen LogP contribution in [0.3, 0.4) is 0 Å². The highest BCUT2D eigenvalue weighted by atomic mass is 16.5. The van der Waals surface area contributed by atoms with Crippen molar-refractivity contribution in [2.75, 3.05) is 39.9 Å². The highest BCUT2D eigenvalue weighted by Crippen LogP contribution is 2.39. The van der Waals surface area contributed by atoms with Gasteiger partial charge in [0.2, 0.25) is 0 Å². The molecule has 1 atom stereocenters. The molecule has 2 saturated heterocycles. The van der Waals surface area contributed by atoms with Gasteiger partial charge < -0.3 is 14.1 Å². The number of nitrogens with zero attached hydrogens (tertiary/aromatic N) is 2. The predicted octanol–water partition coefficient (Wildman–Crippen LogP) is 2.55. The molecule has 1 aromatic heterocycles. The van der Waals surface area contributed by atoms with Gasteiger partial charge in [0, 0.05) is 31.9 Å². The molecule has 1 aromatic rings. The van der Waals surface area contributed by atoms with Gasteiger partial charge in [-0.05, 0) is 64.1 Å². The third kappa shape index (κ3) is 3.00. The van der Waals surface area contributed by atoms with Crippen LogP contribution in [0.1, 0.15) is 41.8 Å². The van der Waals surface area contributed by atoms with Crippen molar-refractivity contribution in [1.29, 1.82) is 0 Å². The number of hydrogen-bond acceptors (Lipinski definition) is 4. The van der Waals surface area contributed by atoms with Crippen molar-refractivity contribution in [3.8, 4) is 0 Å². The smallest absolute Gasteiger partial charge is 0.289 e. The van der Waals surface area contributed by atoms with E-state index in [0.717, 1.165) is 50.8 Å². The van der Waals surface area contributed by atoms with E-state index in [1.54, 1.807) is 6.26 Å². The summed E-state index contributed by atoms with van der Waals surface area (Å²) in [7, 11) is 2.20. The Labute approximate surface area is 143 Å². The molecule has 0 aromatic carbocycles. The number of rotatable bonds is 5. The first-order valence-corrected chi connectivity index (χ1v) is 9.20. The normalized spacial score (nSPS) is 26.6. The van der Waals surface area contributed by atoms with Crippen molar-refractivity contribution < 1.29 is 13.9 Å². The predicted molar refractivity (Wildman–Crippen MR) is 91.0 cm³/mol. The Hall–Kier alpha value is -1.33. The summed E-state index contributed by atoms with van der Waals surface area (Å²) >= 11 is 0. The molecule has 132 valence electrons. The quantitative estimate of drug-likeness (QED) is 0.831. The molecule has 2 aliphatic heterocycles. The van der Waals surface area contributed by atoms with E-state index in [1.165, 1.54) is 19.3 Å². The number of piperidine rings is 1. The molecule has 1 aliphatic carbocycles. The van der Waals surface area contributed by atoms with Crippen LogP contribution in [0.2, 0.25) is 0 Å². The Bertz CT molecular complexity index is 602. The van der Waals surface area contributed by atoms with Gasteiger partial charge in [-0.3, -0.25) is 9.69 Å². The maximum absolute atomic E-state index is 12.6. The highest BCUT2D eigenvalue weighted by molar-refractivity contribution is 5.93. The van der Waals surface area contributed by atoms with Gasteiger partial charge in [0.05, 0.1) is 11.8 Å². The van der Waals surface area contributed by atoms with Gasteiger partial charge >= 0.3 is 0 Å². The Morgan fingerprint density at radius 1 is 1.29 bits per heavy atom. The van der Waals surface area contributed by atoms with E-state index in [-0.39, 0.29) is 11.4 Å². The standard InChI is InChI=1S/C19H28N2O3/c1-14-6-8-24-17(14)18(22)21-12-19(13-21)9-16(5-7-20(19)2)11-23-10-15-3-4-15/h6,8,15-16H,3-5,7,9-13H2,1-2H3/t16-/m1/s1. The van der Waals surface area contributed by atoms with Gasteiger partial charge in [0.15, 0.2) is 5.76 Å². The Kier molecular flexibility index (Phi) is 4.17. The van der Waals surface area contributed by atoms with Crippen molar-refractivity contribution in [2.24, 2.45) is 11.8 Å². The third-order valence-corrected chi connectivity index (χ3v) is 6.07. The first-order valence-electron chi connectivity index (χ1n) is 9.20. The maximum atomic E-state index is 12.6. The molecule has 3 heterocycles. The number of hydrogen-bond donors (Lipinski definition) is 0. The molecule has 0 bridgehead atoms.